The van der Waals surface area contributed by atoms with Gasteiger partial charge in [-0.1, -0.05) is 6.07 Å². The van der Waals surface area contributed by atoms with E-state index in [-0.39, 0.29) is 0 Å². The van der Waals surface area contributed by atoms with Crippen LogP contribution >= 0.6 is 11.3 Å². The molecule has 0 spiro atoms. The summed E-state index contributed by atoms with van der Waals surface area (Å²) in [6.07, 6.45) is 0. The molecule has 2 rings (SSSR count). The molecule has 6 heteroatoms. The van der Waals surface area contributed by atoms with E-state index in [1.54, 1.807) is 12.1 Å². The normalized spacial score (nSPS) is 11.6. The molecule has 0 atom stereocenters. The Kier molecular flexibility index (Phi) is 4.70. The number of thiophene rings is 1. The standard InChI is InChI=1S/C15H20N2O2S2/c1-10-5-6-13(7-11(10)2)17-21(18,19)15-8-14(9-16-4)20-12(15)3/h5-8,16-17H,9H2,1-4H3. The zero-order valence-electron chi connectivity index (χ0n) is 12.6. The van der Waals surface area contributed by atoms with E-state index in [0.29, 0.717) is 17.1 Å². The highest BCUT2D eigenvalue weighted by Crippen LogP contribution is 2.27. The van der Waals surface area contributed by atoms with Crippen LogP contribution in [0.5, 0.6) is 0 Å². The molecule has 0 bridgehead atoms. The maximum Gasteiger partial charge on any atom is 0.263 e. The topological polar surface area (TPSA) is 58.2 Å². The first-order valence-corrected chi connectivity index (χ1v) is 8.97. The van der Waals surface area contributed by atoms with E-state index in [2.05, 4.69) is 10.0 Å². The van der Waals surface area contributed by atoms with Crippen LogP contribution < -0.4 is 10.0 Å². The third-order valence-corrected chi connectivity index (χ3v) is 6.01. The fourth-order valence-electron chi connectivity index (χ4n) is 2.07. The van der Waals surface area contributed by atoms with Crippen LogP contribution in [0.3, 0.4) is 0 Å². The first-order valence-electron chi connectivity index (χ1n) is 6.67. The second-order valence-electron chi connectivity index (χ2n) is 5.07. The molecule has 0 aliphatic rings. The van der Waals surface area contributed by atoms with E-state index >= 15 is 0 Å². The smallest absolute Gasteiger partial charge is 0.263 e. The van der Waals surface area contributed by atoms with Gasteiger partial charge in [-0.3, -0.25) is 4.72 Å². The van der Waals surface area contributed by atoms with Crippen molar-refractivity contribution in [2.45, 2.75) is 32.2 Å². The van der Waals surface area contributed by atoms with Gasteiger partial charge in [-0.15, -0.1) is 11.3 Å². The van der Waals surface area contributed by atoms with E-state index in [9.17, 15) is 8.42 Å². The molecule has 0 amide bonds. The molecule has 0 radical (unpaired) electrons. The maximum absolute atomic E-state index is 12.5. The summed E-state index contributed by atoms with van der Waals surface area (Å²) in [5.74, 6) is 0. The van der Waals surface area contributed by atoms with Gasteiger partial charge in [0.15, 0.2) is 0 Å². The van der Waals surface area contributed by atoms with E-state index < -0.39 is 10.0 Å². The Morgan fingerprint density at radius 3 is 2.43 bits per heavy atom. The van der Waals surface area contributed by atoms with E-state index in [1.165, 1.54) is 11.3 Å². The van der Waals surface area contributed by atoms with Crippen molar-refractivity contribution in [3.05, 3.63) is 45.1 Å². The van der Waals surface area contributed by atoms with Gasteiger partial charge in [0.1, 0.15) is 4.90 Å². The largest absolute Gasteiger partial charge is 0.315 e. The number of hydrogen-bond acceptors (Lipinski definition) is 4. The Balaban J connectivity index is 2.31. The Labute approximate surface area is 130 Å². The number of nitrogens with one attached hydrogen (secondary N) is 2. The zero-order valence-corrected chi connectivity index (χ0v) is 14.3. The van der Waals surface area contributed by atoms with Crippen molar-refractivity contribution in [2.75, 3.05) is 11.8 Å². The van der Waals surface area contributed by atoms with Crippen molar-refractivity contribution in [3.63, 3.8) is 0 Å². The van der Waals surface area contributed by atoms with E-state index in [1.807, 2.05) is 40.0 Å². The molecule has 114 valence electrons. The van der Waals surface area contributed by atoms with Gasteiger partial charge >= 0.3 is 0 Å². The molecule has 4 nitrogen and oxygen atoms in total. The van der Waals surface area contributed by atoms with Gasteiger partial charge in [0.05, 0.1) is 0 Å². The number of aryl methyl sites for hydroxylation is 3. The van der Waals surface area contributed by atoms with Crippen LogP contribution in [-0.2, 0) is 16.6 Å². The first-order chi connectivity index (χ1) is 9.83. The Morgan fingerprint density at radius 2 is 1.81 bits per heavy atom. The molecule has 1 heterocycles. The Hall–Kier alpha value is -1.37. The Morgan fingerprint density at radius 1 is 1.10 bits per heavy atom. The van der Waals surface area contributed by atoms with Crippen LogP contribution in [0.4, 0.5) is 5.69 Å². The molecule has 0 aliphatic carbocycles. The van der Waals surface area contributed by atoms with Crippen LogP contribution in [0, 0.1) is 20.8 Å². The lowest BCUT2D eigenvalue weighted by molar-refractivity contribution is 0.601. The molecule has 0 fully saturated rings. The van der Waals surface area contributed by atoms with Crippen molar-refractivity contribution in [1.82, 2.24) is 5.32 Å². The average Bonchev–Trinajstić information content (AvgIpc) is 2.76. The third kappa shape index (κ3) is 3.64. The monoisotopic (exact) mass is 324 g/mol. The van der Waals surface area contributed by atoms with Gasteiger partial charge in [0.25, 0.3) is 10.0 Å². The van der Waals surface area contributed by atoms with Gasteiger partial charge < -0.3 is 5.32 Å². The molecule has 0 saturated carbocycles. The highest BCUT2D eigenvalue weighted by atomic mass is 32.2. The third-order valence-electron chi connectivity index (χ3n) is 3.32. The highest BCUT2D eigenvalue weighted by molar-refractivity contribution is 7.93. The molecular weight excluding hydrogens is 304 g/mol. The van der Waals surface area contributed by atoms with Crippen molar-refractivity contribution >= 4 is 27.0 Å². The number of sulfonamides is 1. The van der Waals surface area contributed by atoms with Crippen LogP contribution in [-0.4, -0.2) is 15.5 Å². The second kappa shape index (κ2) is 6.17. The van der Waals surface area contributed by atoms with Crippen molar-refractivity contribution < 1.29 is 8.42 Å². The van der Waals surface area contributed by atoms with Crippen LogP contribution in [0.1, 0.15) is 20.9 Å². The molecule has 2 aromatic rings. The summed E-state index contributed by atoms with van der Waals surface area (Å²) in [7, 11) is -1.69. The summed E-state index contributed by atoms with van der Waals surface area (Å²) in [4.78, 5) is 2.17. The van der Waals surface area contributed by atoms with E-state index in [4.69, 9.17) is 0 Å². The van der Waals surface area contributed by atoms with Crippen LogP contribution in [0.15, 0.2) is 29.2 Å². The second-order valence-corrected chi connectivity index (χ2v) is 8.06. The average molecular weight is 324 g/mol. The van der Waals surface area contributed by atoms with Crippen molar-refractivity contribution in [3.8, 4) is 0 Å². The predicted octanol–water partition coefficient (Wildman–Crippen LogP) is 3.19. The lowest BCUT2D eigenvalue weighted by atomic mass is 10.1. The molecule has 0 saturated heterocycles. The first kappa shape index (κ1) is 16.0. The van der Waals surface area contributed by atoms with Crippen molar-refractivity contribution in [1.29, 1.82) is 0 Å². The number of rotatable bonds is 5. The summed E-state index contributed by atoms with van der Waals surface area (Å²) in [6, 6.07) is 7.29. The highest BCUT2D eigenvalue weighted by Gasteiger charge is 2.20. The predicted molar refractivity (Wildman–Crippen MR) is 88.5 cm³/mol. The molecule has 0 unspecified atom stereocenters. The minimum atomic E-state index is -3.54. The fraction of sp³-hybridized carbons (Fsp3) is 0.333. The van der Waals surface area contributed by atoms with E-state index in [0.717, 1.165) is 20.9 Å². The molecule has 2 N–H and O–H groups in total. The number of hydrogen-bond donors (Lipinski definition) is 2. The zero-order chi connectivity index (χ0) is 15.6. The molecule has 0 aliphatic heterocycles. The SMILES string of the molecule is CNCc1cc(S(=O)(=O)Nc2ccc(C)c(C)c2)c(C)s1. The molecule has 1 aromatic carbocycles. The summed E-state index contributed by atoms with van der Waals surface area (Å²) in [5.41, 5.74) is 2.80. The van der Waals surface area contributed by atoms with Gasteiger partial charge in [0, 0.05) is 22.0 Å². The molecule has 21 heavy (non-hydrogen) atoms. The number of anilines is 1. The lowest BCUT2D eigenvalue weighted by Gasteiger charge is -2.09. The molecular formula is C15H20N2O2S2. The van der Waals surface area contributed by atoms with Crippen LogP contribution in [0.2, 0.25) is 0 Å². The minimum Gasteiger partial charge on any atom is -0.315 e. The van der Waals surface area contributed by atoms with Crippen LogP contribution in [0.25, 0.3) is 0 Å². The van der Waals surface area contributed by atoms with Gasteiger partial charge in [-0.2, -0.15) is 0 Å². The van der Waals surface area contributed by atoms with Gasteiger partial charge in [-0.25, -0.2) is 8.42 Å². The van der Waals surface area contributed by atoms with Crippen molar-refractivity contribution in [2.24, 2.45) is 0 Å². The summed E-state index contributed by atoms with van der Waals surface area (Å²) in [6.45, 7) is 6.47. The lowest BCUT2D eigenvalue weighted by Crippen LogP contribution is -2.13. The summed E-state index contributed by atoms with van der Waals surface area (Å²) >= 11 is 1.50. The number of benzene rings is 1. The quantitative estimate of drug-likeness (QED) is 0.888. The Bertz CT molecular complexity index is 749. The summed E-state index contributed by atoms with van der Waals surface area (Å²) in [5, 5.41) is 3.03. The van der Waals surface area contributed by atoms with Gasteiger partial charge in [0.2, 0.25) is 0 Å². The van der Waals surface area contributed by atoms with Gasteiger partial charge in [-0.05, 0) is 57.1 Å². The minimum absolute atomic E-state index is 0.357. The molecule has 1 aromatic heterocycles. The maximum atomic E-state index is 12.5. The summed E-state index contributed by atoms with van der Waals surface area (Å²) < 4.78 is 27.7. The fourth-order valence-corrected chi connectivity index (χ4v) is 4.77.